The van der Waals surface area contributed by atoms with Crippen LogP contribution >= 0.6 is 0 Å². The van der Waals surface area contributed by atoms with Gasteiger partial charge in [0.25, 0.3) is 0 Å². The summed E-state index contributed by atoms with van der Waals surface area (Å²) in [6.07, 6.45) is 0.650. The van der Waals surface area contributed by atoms with Crippen molar-refractivity contribution in [3.8, 4) is 0 Å². The third-order valence-electron chi connectivity index (χ3n) is 1.60. The molecule has 0 aromatic carbocycles. The minimum atomic E-state index is -0.523. The van der Waals surface area contributed by atoms with E-state index in [1.165, 1.54) is 6.08 Å². The van der Waals surface area contributed by atoms with Crippen LogP contribution in [0.4, 0.5) is 0 Å². The zero-order valence-electron chi connectivity index (χ0n) is 9.69. The van der Waals surface area contributed by atoms with Crippen molar-refractivity contribution < 1.29 is 19.1 Å². The van der Waals surface area contributed by atoms with Crippen LogP contribution in [0.2, 0.25) is 0 Å². The van der Waals surface area contributed by atoms with E-state index >= 15 is 0 Å². The molecule has 2 N–H and O–H groups in total. The molecule has 5 nitrogen and oxygen atoms in total. The molecule has 0 aromatic rings. The highest BCUT2D eigenvalue weighted by atomic mass is 16.5. The first-order valence-electron chi connectivity index (χ1n) is 4.81. The van der Waals surface area contributed by atoms with Crippen LogP contribution in [0.15, 0.2) is 12.7 Å². The third-order valence-corrected chi connectivity index (χ3v) is 1.60. The van der Waals surface area contributed by atoms with Gasteiger partial charge in [0, 0.05) is 0 Å². The van der Waals surface area contributed by atoms with Gasteiger partial charge in [0.1, 0.15) is 19.4 Å². The zero-order chi connectivity index (χ0) is 11.9. The van der Waals surface area contributed by atoms with Crippen molar-refractivity contribution >= 4 is 5.91 Å². The number of likely N-dealkylation sites (N-methyl/N-ethyl adjacent to an activating group) is 1. The van der Waals surface area contributed by atoms with Crippen LogP contribution < -0.4 is 5.32 Å². The second kappa shape index (κ2) is 6.55. The second-order valence-corrected chi connectivity index (χ2v) is 4.39. The summed E-state index contributed by atoms with van der Waals surface area (Å²) in [5.41, 5.74) is 0. The molecule has 88 valence electrons. The maximum atomic E-state index is 10.7. The number of quaternary nitrogens is 1. The number of carbonyl (C=O) groups excluding carboxylic acids is 1. The standard InChI is InChI=1S/C10H20N2O3/c1-5-10(14)11-8-15-7-9(13)6-12(2,3)4/h5,9,13H,1,6-8H2,2-4H3/p+1. The van der Waals surface area contributed by atoms with Crippen LogP contribution in [0.5, 0.6) is 0 Å². The molecule has 0 aliphatic heterocycles. The Morgan fingerprint density at radius 2 is 2.20 bits per heavy atom. The van der Waals surface area contributed by atoms with E-state index in [-0.39, 0.29) is 19.2 Å². The molecule has 1 unspecified atom stereocenters. The Balaban J connectivity index is 3.51. The van der Waals surface area contributed by atoms with Crippen LogP contribution in [0.25, 0.3) is 0 Å². The summed E-state index contributed by atoms with van der Waals surface area (Å²) in [5, 5.41) is 12.0. The van der Waals surface area contributed by atoms with Gasteiger partial charge in [0.2, 0.25) is 5.91 Å². The molecule has 0 radical (unpaired) electrons. The summed E-state index contributed by atoms with van der Waals surface area (Å²) in [4.78, 5) is 10.7. The van der Waals surface area contributed by atoms with Crippen molar-refractivity contribution in [2.24, 2.45) is 0 Å². The molecule has 5 heteroatoms. The average Bonchev–Trinajstić information content (AvgIpc) is 2.09. The second-order valence-electron chi connectivity index (χ2n) is 4.39. The minimum Gasteiger partial charge on any atom is -0.385 e. The maximum absolute atomic E-state index is 10.7. The van der Waals surface area contributed by atoms with Crippen molar-refractivity contribution in [1.29, 1.82) is 0 Å². The van der Waals surface area contributed by atoms with E-state index in [4.69, 9.17) is 4.74 Å². The molecule has 0 aliphatic carbocycles. The smallest absolute Gasteiger partial charge is 0.245 e. The number of aliphatic hydroxyl groups is 1. The van der Waals surface area contributed by atoms with E-state index < -0.39 is 6.10 Å². The van der Waals surface area contributed by atoms with E-state index in [0.29, 0.717) is 11.0 Å². The van der Waals surface area contributed by atoms with Gasteiger partial charge >= 0.3 is 0 Å². The molecule has 1 atom stereocenters. The SMILES string of the molecule is C=CC(=O)NCOCC(O)C[N+](C)(C)C. The van der Waals surface area contributed by atoms with Crippen molar-refractivity contribution in [3.05, 3.63) is 12.7 Å². The number of carbonyl (C=O) groups is 1. The maximum Gasteiger partial charge on any atom is 0.245 e. The molecule has 1 amide bonds. The van der Waals surface area contributed by atoms with Gasteiger partial charge in [-0.25, -0.2) is 0 Å². The molecular formula is C10H21N2O3+. The highest BCUT2D eigenvalue weighted by Gasteiger charge is 2.15. The molecule has 0 saturated heterocycles. The Kier molecular flexibility index (Phi) is 6.15. The van der Waals surface area contributed by atoms with Gasteiger partial charge in [-0.2, -0.15) is 0 Å². The van der Waals surface area contributed by atoms with Crippen LogP contribution in [-0.4, -0.2) is 62.6 Å². The van der Waals surface area contributed by atoms with Crippen molar-refractivity contribution in [3.63, 3.8) is 0 Å². The van der Waals surface area contributed by atoms with Gasteiger partial charge in [-0.1, -0.05) is 6.58 Å². The molecule has 0 bridgehead atoms. The first-order chi connectivity index (χ1) is 6.85. The molecule has 0 saturated carbocycles. The molecule has 0 heterocycles. The monoisotopic (exact) mass is 217 g/mol. The van der Waals surface area contributed by atoms with Crippen LogP contribution in [0, 0.1) is 0 Å². The Labute approximate surface area is 90.9 Å². The lowest BCUT2D eigenvalue weighted by atomic mass is 10.3. The molecule has 0 rings (SSSR count). The molecule has 0 fully saturated rings. The summed E-state index contributed by atoms with van der Waals surface area (Å²) in [6, 6.07) is 0. The number of nitrogens with zero attached hydrogens (tertiary/aromatic N) is 1. The fourth-order valence-corrected chi connectivity index (χ4v) is 1.07. The largest absolute Gasteiger partial charge is 0.385 e. The van der Waals surface area contributed by atoms with E-state index in [1.54, 1.807) is 0 Å². The molecule has 15 heavy (non-hydrogen) atoms. The Morgan fingerprint density at radius 3 is 2.67 bits per heavy atom. The number of nitrogens with one attached hydrogen (secondary N) is 1. The Morgan fingerprint density at radius 1 is 1.60 bits per heavy atom. The number of ether oxygens (including phenoxy) is 1. The van der Waals surface area contributed by atoms with Gasteiger partial charge in [-0.05, 0) is 6.08 Å². The summed E-state index contributed by atoms with van der Waals surface area (Å²) in [7, 11) is 5.97. The Bertz CT molecular complexity index is 211. The predicted molar refractivity (Wildman–Crippen MR) is 58.1 cm³/mol. The Hall–Kier alpha value is -0.910. The summed E-state index contributed by atoms with van der Waals surface area (Å²) < 4.78 is 5.74. The molecule has 0 aliphatic rings. The highest BCUT2D eigenvalue weighted by molar-refractivity contribution is 5.86. The third kappa shape index (κ3) is 9.40. The van der Waals surface area contributed by atoms with Gasteiger partial charge in [0.15, 0.2) is 0 Å². The number of hydrogen-bond acceptors (Lipinski definition) is 3. The normalized spacial score (nSPS) is 13.3. The number of rotatable bonds is 7. The van der Waals surface area contributed by atoms with Crippen LogP contribution in [-0.2, 0) is 9.53 Å². The predicted octanol–water partition coefficient (Wildman–Crippen LogP) is -0.670. The number of amides is 1. The van der Waals surface area contributed by atoms with E-state index in [2.05, 4.69) is 11.9 Å². The summed E-state index contributed by atoms with van der Waals surface area (Å²) in [6.45, 7) is 4.22. The van der Waals surface area contributed by atoms with Crippen molar-refractivity contribution in [1.82, 2.24) is 5.32 Å². The average molecular weight is 217 g/mol. The van der Waals surface area contributed by atoms with Crippen LogP contribution in [0.1, 0.15) is 0 Å². The van der Waals surface area contributed by atoms with Crippen molar-refractivity contribution in [2.75, 3.05) is 41.0 Å². The van der Waals surface area contributed by atoms with Gasteiger partial charge in [-0.3, -0.25) is 4.79 Å². The minimum absolute atomic E-state index is 0.0963. The molecule has 0 aromatic heterocycles. The highest BCUT2D eigenvalue weighted by Crippen LogP contribution is 1.95. The molecule has 0 spiro atoms. The zero-order valence-corrected chi connectivity index (χ0v) is 9.69. The van der Waals surface area contributed by atoms with Crippen LogP contribution in [0.3, 0.4) is 0 Å². The van der Waals surface area contributed by atoms with E-state index in [1.807, 2.05) is 21.1 Å². The summed E-state index contributed by atoms with van der Waals surface area (Å²) in [5.74, 6) is -0.281. The first kappa shape index (κ1) is 14.1. The lowest BCUT2D eigenvalue weighted by Crippen LogP contribution is -2.43. The quantitative estimate of drug-likeness (QED) is 0.257. The fourth-order valence-electron chi connectivity index (χ4n) is 1.07. The van der Waals surface area contributed by atoms with E-state index in [9.17, 15) is 9.90 Å². The lowest BCUT2D eigenvalue weighted by molar-refractivity contribution is -0.873. The lowest BCUT2D eigenvalue weighted by Gasteiger charge is -2.26. The first-order valence-corrected chi connectivity index (χ1v) is 4.81. The van der Waals surface area contributed by atoms with Gasteiger partial charge in [0.05, 0.1) is 27.7 Å². The molecular weight excluding hydrogens is 196 g/mol. The number of hydrogen-bond donors (Lipinski definition) is 2. The number of aliphatic hydroxyl groups excluding tert-OH is 1. The summed E-state index contributed by atoms with van der Waals surface area (Å²) >= 11 is 0. The van der Waals surface area contributed by atoms with Gasteiger partial charge < -0.3 is 19.6 Å². The van der Waals surface area contributed by atoms with E-state index in [0.717, 1.165) is 0 Å². The topological polar surface area (TPSA) is 58.6 Å². The van der Waals surface area contributed by atoms with Crippen molar-refractivity contribution in [2.45, 2.75) is 6.10 Å². The van der Waals surface area contributed by atoms with Gasteiger partial charge in [-0.15, -0.1) is 0 Å². The fraction of sp³-hybridized carbons (Fsp3) is 0.700.